The molecule has 17 heavy (non-hydrogen) atoms. The van der Waals surface area contributed by atoms with Gasteiger partial charge in [-0.05, 0) is 12.8 Å². The summed E-state index contributed by atoms with van der Waals surface area (Å²) in [5.41, 5.74) is 0. The molecule has 0 aromatic carbocycles. The van der Waals surface area contributed by atoms with Crippen molar-refractivity contribution < 1.29 is 9.53 Å². The van der Waals surface area contributed by atoms with Gasteiger partial charge in [0.1, 0.15) is 12.4 Å². The molecule has 0 unspecified atom stereocenters. The maximum absolute atomic E-state index is 11.6. The van der Waals surface area contributed by atoms with Crippen LogP contribution >= 0.6 is 11.8 Å². The summed E-state index contributed by atoms with van der Waals surface area (Å²) in [6.45, 7) is 2.14. The predicted molar refractivity (Wildman–Crippen MR) is 64.6 cm³/mol. The number of carbonyl (C=O) groups is 1. The number of nitrogens with one attached hydrogen (secondary N) is 1. The molecule has 2 rings (SSSR count). The molecule has 6 heteroatoms. The van der Waals surface area contributed by atoms with Gasteiger partial charge in [-0.15, -0.1) is 0 Å². The summed E-state index contributed by atoms with van der Waals surface area (Å²) >= 11 is 1.55. The Morgan fingerprint density at radius 3 is 3.24 bits per heavy atom. The van der Waals surface area contributed by atoms with Crippen molar-refractivity contribution in [3.63, 3.8) is 0 Å². The molecule has 1 N–H and O–H groups in total. The first-order valence-electron chi connectivity index (χ1n) is 5.98. The molecule has 1 saturated heterocycles. The molecular formula is C11H17N3O2S. The van der Waals surface area contributed by atoms with E-state index in [0.29, 0.717) is 0 Å². The van der Waals surface area contributed by atoms with Crippen molar-refractivity contribution in [2.24, 2.45) is 5.92 Å². The molecule has 0 saturated carbocycles. The van der Waals surface area contributed by atoms with Gasteiger partial charge in [-0.25, -0.2) is 4.98 Å². The molecular weight excluding hydrogens is 238 g/mol. The molecule has 0 bridgehead atoms. The van der Waals surface area contributed by atoms with Crippen molar-refractivity contribution in [1.82, 2.24) is 15.2 Å². The number of nitrogens with zero attached hydrogens (tertiary/aromatic N) is 2. The van der Waals surface area contributed by atoms with E-state index in [4.69, 9.17) is 4.74 Å². The highest BCUT2D eigenvalue weighted by molar-refractivity contribution is 7.99. The lowest BCUT2D eigenvalue weighted by molar-refractivity contribution is -0.143. The van der Waals surface area contributed by atoms with Crippen LogP contribution in [0.4, 0.5) is 0 Å². The third-order valence-electron chi connectivity index (χ3n) is 2.87. The lowest BCUT2D eigenvalue weighted by Gasteiger charge is -2.06. The van der Waals surface area contributed by atoms with Gasteiger partial charge in [-0.1, -0.05) is 31.5 Å². The van der Waals surface area contributed by atoms with Crippen LogP contribution in [0.3, 0.4) is 0 Å². The summed E-state index contributed by atoms with van der Waals surface area (Å²) in [7, 11) is 0. The van der Waals surface area contributed by atoms with Crippen molar-refractivity contribution >= 4 is 17.7 Å². The zero-order valence-electron chi connectivity index (χ0n) is 9.89. The van der Waals surface area contributed by atoms with E-state index in [2.05, 4.69) is 22.1 Å². The first kappa shape index (κ1) is 12.4. The second-order valence-electron chi connectivity index (χ2n) is 4.24. The number of unbranched alkanes of at least 4 members (excludes halogenated alkanes) is 1. The third kappa shape index (κ3) is 3.46. The molecule has 0 radical (unpaired) electrons. The molecule has 1 aromatic rings. The van der Waals surface area contributed by atoms with Crippen LogP contribution in [0.5, 0.6) is 0 Å². The Hall–Kier alpha value is -1.04. The SMILES string of the molecule is CCCC[C@@H]1C[C@@H](CSc2ncn[nH]2)OC1=O. The standard InChI is InChI=1S/C11H17N3O2S/c1-2-3-4-8-5-9(16-10(8)15)6-17-11-12-7-13-14-11/h7-9H,2-6H2,1H3,(H,12,13,14)/t8-,9+/m1/s1. The molecule has 1 aliphatic rings. The number of H-pyrrole nitrogens is 1. The molecule has 94 valence electrons. The van der Waals surface area contributed by atoms with Crippen LogP contribution < -0.4 is 0 Å². The number of thioether (sulfide) groups is 1. The molecule has 1 aliphatic heterocycles. The first-order valence-corrected chi connectivity index (χ1v) is 6.96. The summed E-state index contributed by atoms with van der Waals surface area (Å²) in [5, 5.41) is 7.33. The highest BCUT2D eigenvalue weighted by Crippen LogP contribution is 2.28. The maximum atomic E-state index is 11.6. The van der Waals surface area contributed by atoms with Gasteiger partial charge < -0.3 is 4.74 Å². The molecule has 2 heterocycles. The normalized spacial score (nSPS) is 23.9. The van der Waals surface area contributed by atoms with Crippen molar-refractivity contribution in [2.75, 3.05) is 5.75 Å². The average molecular weight is 255 g/mol. The van der Waals surface area contributed by atoms with Gasteiger partial charge in [0, 0.05) is 5.75 Å². The van der Waals surface area contributed by atoms with Crippen LogP contribution in [0.2, 0.25) is 0 Å². The highest BCUT2D eigenvalue weighted by atomic mass is 32.2. The molecule has 0 amide bonds. The highest BCUT2D eigenvalue weighted by Gasteiger charge is 2.33. The topological polar surface area (TPSA) is 67.9 Å². The summed E-state index contributed by atoms with van der Waals surface area (Å²) in [4.78, 5) is 15.6. The van der Waals surface area contributed by atoms with Crippen LogP contribution in [-0.4, -0.2) is 33.0 Å². The largest absolute Gasteiger partial charge is 0.461 e. The van der Waals surface area contributed by atoms with Gasteiger partial charge in [0.05, 0.1) is 5.92 Å². The van der Waals surface area contributed by atoms with Crippen molar-refractivity contribution in [3.05, 3.63) is 6.33 Å². The fraction of sp³-hybridized carbons (Fsp3) is 0.727. The van der Waals surface area contributed by atoms with E-state index in [1.54, 1.807) is 11.8 Å². The number of esters is 1. The minimum atomic E-state index is -0.0263. The Bertz CT molecular complexity index is 356. The van der Waals surface area contributed by atoms with Crippen LogP contribution in [0.15, 0.2) is 11.5 Å². The Labute approximate surface area is 105 Å². The van der Waals surface area contributed by atoms with Gasteiger partial charge in [-0.3, -0.25) is 9.89 Å². The summed E-state index contributed by atoms with van der Waals surface area (Å²) in [6.07, 6.45) is 5.54. The summed E-state index contributed by atoms with van der Waals surface area (Å²) in [6, 6.07) is 0. The summed E-state index contributed by atoms with van der Waals surface area (Å²) in [5.74, 6) is 0.834. The Balaban J connectivity index is 1.74. The van der Waals surface area contributed by atoms with Crippen LogP contribution in [0, 0.1) is 5.92 Å². The minimum Gasteiger partial charge on any atom is -0.461 e. The fourth-order valence-electron chi connectivity index (χ4n) is 1.95. The van der Waals surface area contributed by atoms with Gasteiger partial charge in [0.15, 0.2) is 5.16 Å². The van der Waals surface area contributed by atoms with Crippen LogP contribution in [-0.2, 0) is 9.53 Å². The summed E-state index contributed by atoms with van der Waals surface area (Å²) < 4.78 is 5.35. The second kappa shape index (κ2) is 6.05. The second-order valence-corrected chi connectivity index (χ2v) is 5.24. The molecule has 1 fully saturated rings. The fourth-order valence-corrected chi connectivity index (χ4v) is 2.73. The van der Waals surface area contributed by atoms with Gasteiger partial charge >= 0.3 is 5.97 Å². The lowest BCUT2D eigenvalue weighted by Crippen LogP contribution is -2.09. The number of aromatic nitrogens is 3. The van der Waals surface area contributed by atoms with Gasteiger partial charge in [0.25, 0.3) is 0 Å². The Morgan fingerprint density at radius 2 is 2.53 bits per heavy atom. The smallest absolute Gasteiger partial charge is 0.309 e. The quantitative estimate of drug-likeness (QED) is 0.622. The van der Waals surface area contributed by atoms with E-state index < -0.39 is 0 Å². The van der Waals surface area contributed by atoms with Crippen LogP contribution in [0.1, 0.15) is 32.6 Å². The lowest BCUT2D eigenvalue weighted by atomic mass is 9.99. The van der Waals surface area contributed by atoms with E-state index in [1.807, 2.05) is 0 Å². The molecule has 5 nitrogen and oxygen atoms in total. The van der Waals surface area contributed by atoms with Gasteiger partial charge in [0.2, 0.25) is 0 Å². The Kier molecular flexibility index (Phi) is 4.42. The van der Waals surface area contributed by atoms with Crippen molar-refractivity contribution in [2.45, 2.75) is 43.9 Å². The number of cyclic esters (lactones) is 1. The van der Waals surface area contributed by atoms with Crippen LogP contribution in [0.25, 0.3) is 0 Å². The first-order chi connectivity index (χ1) is 8.29. The van der Waals surface area contributed by atoms with E-state index in [9.17, 15) is 4.79 Å². The van der Waals surface area contributed by atoms with E-state index in [0.717, 1.165) is 36.6 Å². The van der Waals surface area contributed by atoms with E-state index in [1.165, 1.54) is 6.33 Å². The number of carbonyl (C=O) groups excluding carboxylic acids is 1. The third-order valence-corrected chi connectivity index (χ3v) is 3.88. The zero-order valence-corrected chi connectivity index (χ0v) is 10.7. The number of ether oxygens (including phenoxy) is 1. The molecule has 0 spiro atoms. The predicted octanol–water partition coefficient (Wildman–Crippen LogP) is 2.02. The minimum absolute atomic E-state index is 0.0263. The van der Waals surface area contributed by atoms with Crippen molar-refractivity contribution in [1.29, 1.82) is 0 Å². The number of aromatic amines is 1. The molecule has 1 aromatic heterocycles. The Morgan fingerprint density at radius 1 is 1.65 bits per heavy atom. The van der Waals surface area contributed by atoms with Gasteiger partial charge in [-0.2, -0.15) is 5.10 Å². The van der Waals surface area contributed by atoms with E-state index >= 15 is 0 Å². The number of rotatable bonds is 6. The molecule has 2 atom stereocenters. The number of hydrogen-bond donors (Lipinski definition) is 1. The van der Waals surface area contributed by atoms with E-state index in [-0.39, 0.29) is 18.0 Å². The zero-order chi connectivity index (χ0) is 12.1. The monoisotopic (exact) mass is 255 g/mol. The number of hydrogen-bond acceptors (Lipinski definition) is 5. The maximum Gasteiger partial charge on any atom is 0.309 e. The average Bonchev–Trinajstić information content (AvgIpc) is 2.93. The molecule has 0 aliphatic carbocycles. The van der Waals surface area contributed by atoms with Crippen molar-refractivity contribution in [3.8, 4) is 0 Å².